The van der Waals surface area contributed by atoms with E-state index in [1.54, 1.807) is 0 Å². The minimum absolute atomic E-state index is 0.563. The van der Waals surface area contributed by atoms with Crippen LogP contribution < -0.4 is 28.4 Å². The van der Waals surface area contributed by atoms with Crippen molar-refractivity contribution in [3.8, 4) is 82.4 Å². The molecule has 4 rings (SSSR count). The fourth-order valence-corrected chi connectivity index (χ4v) is 16.0. The minimum Gasteiger partial charge on any atom is -0.492 e. The summed E-state index contributed by atoms with van der Waals surface area (Å²) >= 11 is 7.43. The first-order chi connectivity index (χ1) is 55.3. The molecule has 4 aromatic carbocycles. The van der Waals surface area contributed by atoms with Crippen molar-refractivity contribution in [3.05, 3.63) is 102 Å². The summed E-state index contributed by atoms with van der Waals surface area (Å²) in [6, 6.07) is 18.5. The number of hydrogen-bond donors (Lipinski definition) is 0. The highest BCUT2D eigenvalue weighted by atomic mass is 79.9. The average Bonchev–Trinajstić information content (AvgIpc) is 0.817. The maximum absolute atomic E-state index is 7.01. The van der Waals surface area contributed by atoms with Gasteiger partial charge in [0.2, 0.25) is 0 Å². The van der Waals surface area contributed by atoms with Gasteiger partial charge in [0.05, 0.1) is 73.0 Å². The van der Waals surface area contributed by atoms with Gasteiger partial charge in [-0.2, -0.15) is 0 Å². The minimum atomic E-state index is 0.563. The largest absolute Gasteiger partial charge is 0.492 e. The zero-order chi connectivity index (χ0) is 79.9. The molecule has 0 radical (unpaired) electrons. The maximum atomic E-state index is 7.01. The van der Waals surface area contributed by atoms with E-state index in [4.69, 9.17) is 34.8 Å². The lowest BCUT2D eigenvalue weighted by Gasteiger charge is -2.15. The summed E-state index contributed by atoms with van der Waals surface area (Å²) in [5.74, 6) is 28.9. The number of ether oxygens (including phenoxy) is 6. The summed E-state index contributed by atoms with van der Waals surface area (Å²) in [4.78, 5) is 0. The lowest BCUT2D eigenvalue weighted by atomic mass is 10.0. The summed E-state index contributed by atoms with van der Waals surface area (Å²) in [6.07, 6.45) is 81.5. The first-order valence-electron chi connectivity index (χ1n) is 47.1. The number of benzene rings is 4. The summed E-state index contributed by atoms with van der Waals surface area (Å²) in [7, 11) is 0. The Hall–Kier alpha value is -5.12. The molecule has 0 N–H and O–H groups in total. The molecule has 0 heterocycles. The molecule has 0 aliphatic heterocycles. The number of halogens is 2. The third-order valence-electron chi connectivity index (χ3n) is 21.8. The zero-order valence-electron chi connectivity index (χ0n) is 72.6. The highest BCUT2D eigenvalue weighted by molar-refractivity contribution is 9.11. The third-order valence-corrected chi connectivity index (χ3v) is 22.7. The Morgan fingerprint density at radius 2 is 0.348 bits per heavy atom. The van der Waals surface area contributed by atoms with Crippen molar-refractivity contribution < 1.29 is 28.4 Å². The van der Waals surface area contributed by atoms with Gasteiger partial charge in [-0.15, -0.1) is 6.42 Å². The summed E-state index contributed by atoms with van der Waals surface area (Å²) in [5, 5.41) is 0. The van der Waals surface area contributed by atoms with Gasteiger partial charge in [0.25, 0.3) is 0 Å². The number of rotatable bonds is 72. The van der Waals surface area contributed by atoms with E-state index in [0.29, 0.717) is 79.7 Å². The molecule has 0 aliphatic carbocycles. The molecule has 6 nitrogen and oxygen atoms in total. The molecular weight excluding hydrogens is 1500 g/mol. The van der Waals surface area contributed by atoms with Crippen LogP contribution in [0.5, 0.6) is 34.5 Å². The Balaban J connectivity index is 1.88. The molecule has 0 aromatic heterocycles. The highest BCUT2D eigenvalue weighted by Gasteiger charge is 2.17. The fourth-order valence-electron chi connectivity index (χ4n) is 14.7. The molecule has 0 unspecified atom stereocenters. The van der Waals surface area contributed by atoms with Crippen molar-refractivity contribution in [1.82, 2.24) is 0 Å². The molecule has 0 amide bonds. The molecule has 0 saturated heterocycles. The summed E-state index contributed by atoms with van der Waals surface area (Å²) < 4.78 is 43.1. The monoisotopic (exact) mass is 1660 g/mol. The average molecular weight is 1670 g/mol. The lowest BCUT2D eigenvalue weighted by molar-refractivity contribution is 0.294. The first kappa shape index (κ1) is 99.2. The van der Waals surface area contributed by atoms with Crippen LogP contribution in [0.1, 0.15) is 466 Å². The smallest absolute Gasteiger partial charge is 0.136 e. The topological polar surface area (TPSA) is 55.4 Å². The van der Waals surface area contributed by atoms with E-state index < -0.39 is 0 Å². The second-order valence-corrected chi connectivity index (χ2v) is 34.1. The van der Waals surface area contributed by atoms with Crippen LogP contribution in [-0.4, -0.2) is 39.6 Å². The van der Waals surface area contributed by atoms with E-state index in [1.807, 2.05) is 18.2 Å². The van der Waals surface area contributed by atoms with Crippen LogP contribution in [0.2, 0.25) is 0 Å². The van der Waals surface area contributed by atoms with Crippen molar-refractivity contribution in [2.24, 2.45) is 0 Å². The molecule has 112 heavy (non-hydrogen) atoms. The van der Waals surface area contributed by atoms with E-state index >= 15 is 0 Å². The van der Waals surface area contributed by atoms with E-state index in [9.17, 15) is 0 Å². The molecular formula is C104H160Br2O6. The van der Waals surface area contributed by atoms with E-state index in [-0.39, 0.29) is 0 Å². The molecule has 8 heteroatoms. The Labute approximate surface area is 706 Å². The molecule has 0 bridgehead atoms. The van der Waals surface area contributed by atoms with Crippen molar-refractivity contribution in [3.63, 3.8) is 0 Å². The zero-order valence-corrected chi connectivity index (χ0v) is 75.8. The maximum Gasteiger partial charge on any atom is 0.136 e. The normalized spacial score (nSPS) is 11.0. The lowest BCUT2D eigenvalue weighted by Crippen LogP contribution is -2.04. The Morgan fingerprint density at radius 3 is 0.527 bits per heavy atom. The summed E-state index contributed by atoms with van der Waals surface area (Å²) in [6.45, 7) is 17.2. The Kier molecular flexibility index (Phi) is 63.1. The van der Waals surface area contributed by atoms with Gasteiger partial charge in [0.1, 0.15) is 34.5 Å². The molecule has 0 aliphatic rings. The predicted octanol–water partition coefficient (Wildman–Crippen LogP) is 33.2. The van der Waals surface area contributed by atoms with Gasteiger partial charge >= 0.3 is 0 Å². The highest BCUT2D eigenvalue weighted by Crippen LogP contribution is 2.35. The standard InChI is InChI=1S/C104H160Br2O6/c1-8-15-21-27-33-39-45-51-57-63-75-107-99-84-93(100(83-91(99)14-7)108-76-64-58-52-46-40-34-28-22-16-9-2)71-72-95-87-104(112-80-68-62-56-50-44-38-32-26-20-13-6)96(88-103(95)111-79-67-61-55-49-43-37-31-25-19-12-5)74-73-94-86-101(109-77-65-59-53-47-41-35-29-23-17-10-3)92(70-69-90-81-97(105)89-98(106)82-90)85-102(94)110-78-66-60-54-48-42-36-30-24-18-11-4/h7,81-89H,8-13,15-68,75-80H2,1-6H3. The van der Waals surface area contributed by atoms with Crippen molar-refractivity contribution in [2.45, 2.75) is 427 Å². The first-order valence-corrected chi connectivity index (χ1v) is 48.6. The second kappa shape index (κ2) is 71.2. The van der Waals surface area contributed by atoms with Crippen LogP contribution >= 0.6 is 31.9 Å². The molecule has 0 saturated carbocycles. The van der Waals surface area contributed by atoms with Gasteiger partial charge in [-0.05, 0) is 56.7 Å². The van der Waals surface area contributed by atoms with Crippen molar-refractivity contribution in [1.29, 1.82) is 0 Å². The van der Waals surface area contributed by atoms with Gasteiger partial charge in [-0.25, -0.2) is 0 Å². The van der Waals surface area contributed by atoms with Gasteiger partial charge < -0.3 is 28.4 Å². The van der Waals surface area contributed by atoms with Crippen LogP contribution in [0, 0.1) is 47.9 Å². The van der Waals surface area contributed by atoms with Crippen molar-refractivity contribution in [2.75, 3.05) is 39.6 Å². The van der Waals surface area contributed by atoms with Crippen LogP contribution in [0.3, 0.4) is 0 Å². The van der Waals surface area contributed by atoms with Crippen molar-refractivity contribution >= 4 is 31.9 Å². The van der Waals surface area contributed by atoms with Gasteiger partial charge in [-0.3, -0.25) is 0 Å². The number of hydrogen-bond acceptors (Lipinski definition) is 6. The Bertz CT molecular complexity index is 3190. The Morgan fingerprint density at radius 1 is 0.196 bits per heavy atom. The van der Waals surface area contributed by atoms with Crippen LogP contribution in [0.4, 0.5) is 0 Å². The van der Waals surface area contributed by atoms with Gasteiger partial charge in [0.15, 0.2) is 0 Å². The van der Waals surface area contributed by atoms with Crippen LogP contribution in [-0.2, 0) is 0 Å². The second-order valence-electron chi connectivity index (χ2n) is 32.3. The van der Waals surface area contributed by atoms with Gasteiger partial charge in [0, 0.05) is 50.9 Å². The molecule has 0 atom stereocenters. The number of unbranched alkanes of at least 4 members (excludes halogenated alkanes) is 54. The van der Waals surface area contributed by atoms with Crippen LogP contribution in [0.25, 0.3) is 0 Å². The van der Waals surface area contributed by atoms with E-state index in [2.05, 4.69) is 151 Å². The van der Waals surface area contributed by atoms with E-state index in [0.717, 1.165) is 119 Å². The molecule has 4 aromatic rings. The molecule has 0 spiro atoms. The molecule has 626 valence electrons. The fraction of sp³-hybridized carbons (Fsp3) is 0.692. The van der Waals surface area contributed by atoms with Gasteiger partial charge in [-0.1, -0.05) is 462 Å². The summed E-state index contributed by atoms with van der Waals surface area (Å²) in [5.41, 5.74) is 5.36. The quantitative estimate of drug-likeness (QED) is 0.0324. The van der Waals surface area contributed by atoms with E-state index in [1.165, 1.54) is 308 Å². The SMILES string of the molecule is C#Cc1cc(OCCCCCCCCCCCC)c(C#Cc2cc(OCCCCCCCCCCCC)c(C#Cc3cc(OCCCCCCCCCCCC)c(C#Cc4cc(Br)cc(Br)c4)cc3OCCCCCCCCCCCC)cc2OCCCCCCCCCCCC)cc1OCCCCCCCCCCCC. The number of terminal acetylenes is 1. The third kappa shape index (κ3) is 50.4. The molecule has 0 fully saturated rings. The van der Waals surface area contributed by atoms with Crippen LogP contribution in [0.15, 0.2) is 63.5 Å². The predicted molar refractivity (Wildman–Crippen MR) is 491 cm³/mol.